The lowest BCUT2D eigenvalue weighted by molar-refractivity contribution is -0.135. The van der Waals surface area contributed by atoms with E-state index in [4.69, 9.17) is 10.2 Å². The molecule has 0 spiro atoms. The van der Waals surface area contributed by atoms with Gasteiger partial charge in [-0.1, -0.05) is 84.0 Å². The molecule has 0 aromatic rings. The Morgan fingerprint density at radius 1 is 0.696 bits per heavy atom. The molecule has 2 N–H and O–H groups in total. The van der Waals surface area contributed by atoms with Crippen molar-refractivity contribution in [3.8, 4) is 0 Å². The molecule has 0 aliphatic carbocycles. The molecule has 0 unspecified atom stereocenters. The van der Waals surface area contributed by atoms with E-state index in [-0.39, 0.29) is 5.57 Å². The fourth-order valence-corrected chi connectivity index (χ4v) is 2.72. The first-order valence-electron chi connectivity index (χ1n) is 9.24. The van der Waals surface area contributed by atoms with E-state index >= 15 is 0 Å². The van der Waals surface area contributed by atoms with Crippen LogP contribution in [0.15, 0.2) is 11.6 Å². The summed E-state index contributed by atoms with van der Waals surface area (Å²) >= 11 is 0. The molecule has 134 valence electrons. The van der Waals surface area contributed by atoms with Gasteiger partial charge in [0.05, 0.1) is 0 Å². The van der Waals surface area contributed by atoms with Crippen LogP contribution < -0.4 is 0 Å². The van der Waals surface area contributed by atoms with E-state index in [1.54, 1.807) is 0 Å². The molecule has 0 atom stereocenters. The molecule has 0 aliphatic rings. The van der Waals surface area contributed by atoms with E-state index in [1.807, 2.05) is 0 Å². The molecule has 0 saturated heterocycles. The molecule has 4 nitrogen and oxygen atoms in total. The summed E-state index contributed by atoms with van der Waals surface area (Å²) in [6, 6.07) is 0. The van der Waals surface area contributed by atoms with E-state index < -0.39 is 11.9 Å². The van der Waals surface area contributed by atoms with Crippen LogP contribution in [-0.4, -0.2) is 22.2 Å². The summed E-state index contributed by atoms with van der Waals surface area (Å²) < 4.78 is 0. The summed E-state index contributed by atoms with van der Waals surface area (Å²) in [5.41, 5.74) is 0.000531. The predicted octanol–water partition coefficient (Wildman–Crippen LogP) is 5.56. The lowest BCUT2D eigenvalue weighted by Crippen LogP contribution is -2.04. The van der Waals surface area contributed by atoms with Gasteiger partial charge in [-0.2, -0.15) is 0 Å². The SMILES string of the molecule is CCCCCCCCCCCCCCCC(=CC(=O)O)C(=O)O. The van der Waals surface area contributed by atoms with E-state index in [0.29, 0.717) is 6.42 Å². The summed E-state index contributed by atoms with van der Waals surface area (Å²) in [4.78, 5) is 21.4. The normalized spacial score (nSPS) is 11.6. The quantitative estimate of drug-likeness (QED) is 0.287. The third kappa shape index (κ3) is 15.4. The van der Waals surface area contributed by atoms with Crippen LogP contribution in [0, 0.1) is 0 Å². The number of carboxylic acids is 2. The minimum Gasteiger partial charge on any atom is -0.478 e. The molecular weight excluding hydrogens is 292 g/mol. The molecule has 0 rings (SSSR count). The Morgan fingerprint density at radius 3 is 1.43 bits per heavy atom. The van der Waals surface area contributed by atoms with Crippen molar-refractivity contribution in [2.24, 2.45) is 0 Å². The first-order valence-corrected chi connectivity index (χ1v) is 9.24. The molecule has 0 heterocycles. The molecule has 0 aromatic heterocycles. The average molecular weight is 326 g/mol. The smallest absolute Gasteiger partial charge is 0.331 e. The van der Waals surface area contributed by atoms with Gasteiger partial charge < -0.3 is 10.2 Å². The maximum atomic E-state index is 10.9. The van der Waals surface area contributed by atoms with Crippen LogP contribution in [0.25, 0.3) is 0 Å². The van der Waals surface area contributed by atoms with Crippen molar-refractivity contribution in [2.75, 3.05) is 0 Å². The van der Waals surface area contributed by atoms with Crippen LogP contribution in [-0.2, 0) is 9.59 Å². The maximum Gasteiger partial charge on any atom is 0.331 e. The molecule has 0 amide bonds. The van der Waals surface area contributed by atoms with Gasteiger partial charge >= 0.3 is 11.9 Å². The van der Waals surface area contributed by atoms with Gasteiger partial charge in [-0.15, -0.1) is 0 Å². The van der Waals surface area contributed by atoms with E-state index in [0.717, 1.165) is 25.3 Å². The summed E-state index contributed by atoms with van der Waals surface area (Å²) in [6.07, 6.45) is 17.2. The molecule has 0 fully saturated rings. The van der Waals surface area contributed by atoms with Gasteiger partial charge in [0.15, 0.2) is 0 Å². The number of hydrogen-bond donors (Lipinski definition) is 2. The molecule has 0 aliphatic heterocycles. The van der Waals surface area contributed by atoms with Gasteiger partial charge in [-0.05, 0) is 12.8 Å². The second-order valence-electron chi connectivity index (χ2n) is 6.31. The summed E-state index contributed by atoms with van der Waals surface area (Å²) in [5.74, 6) is -2.30. The highest BCUT2D eigenvalue weighted by molar-refractivity contribution is 5.94. The molecule has 0 aromatic carbocycles. The van der Waals surface area contributed by atoms with E-state index in [2.05, 4.69) is 6.92 Å². The number of unbranched alkanes of at least 4 members (excludes halogenated alkanes) is 12. The zero-order valence-corrected chi connectivity index (χ0v) is 14.7. The highest BCUT2D eigenvalue weighted by Gasteiger charge is 2.08. The van der Waals surface area contributed by atoms with Gasteiger partial charge in [-0.25, -0.2) is 9.59 Å². The zero-order chi connectivity index (χ0) is 17.3. The molecular formula is C19H34O4. The highest BCUT2D eigenvalue weighted by atomic mass is 16.4. The van der Waals surface area contributed by atoms with Gasteiger partial charge in [0, 0.05) is 11.6 Å². The van der Waals surface area contributed by atoms with Crippen LogP contribution in [0.5, 0.6) is 0 Å². The minimum absolute atomic E-state index is 0.000531. The standard InChI is InChI=1S/C19H34O4/c1-2-3-4-5-6-7-8-9-10-11-12-13-14-15-17(19(22)23)16-18(20)21/h16H,2-15H2,1H3,(H,20,21)(H,22,23). The Kier molecular flexibility index (Phi) is 14.7. The molecule has 4 heteroatoms. The highest BCUT2D eigenvalue weighted by Crippen LogP contribution is 2.14. The van der Waals surface area contributed by atoms with Crippen molar-refractivity contribution in [1.82, 2.24) is 0 Å². The summed E-state index contributed by atoms with van der Waals surface area (Å²) in [6.45, 7) is 2.24. The number of aliphatic carboxylic acids is 2. The van der Waals surface area contributed by atoms with Gasteiger partial charge in [0.25, 0.3) is 0 Å². The monoisotopic (exact) mass is 326 g/mol. The topological polar surface area (TPSA) is 74.6 Å². The zero-order valence-electron chi connectivity index (χ0n) is 14.7. The molecule has 0 bridgehead atoms. The third-order valence-corrected chi connectivity index (χ3v) is 4.12. The second-order valence-corrected chi connectivity index (χ2v) is 6.31. The summed E-state index contributed by atoms with van der Waals surface area (Å²) in [7, 11) is 0. The third-order valence-electron chi connectivity index (χ3n) is 4.12. The molecule has 23 heavy (non-hydrogen) atoms. The van der Waals surface area contributed by atoms with Crippen molar-refractivity contribution in [1.29, 1.82) is 0 Å². The summed E-state index contributed by atoms with van der Waals surface area (Å²) in [5, 5.41) is 17.5. The van der Waals surface area contributed by atoms with Crippen LogP contribution >= 0.6 is 0 Å². The lowest BCUT2D eigenvalue weighted by atomic mass is 10.0. The van der Waals surface area contributed by atoms with E-state index in [9.17, 15) is 9.59 Å². The van der Waals surface area contributed by atoms with Gasteiger partial charge in [0.2, 0.25) is 0 Å². The average Bonchev–Trinajstić information content (AvgIpc) is 2.50. The molecule has 0 radical (unpaired) electrons. The molecule has 0 saturated carbocycles. The van der Waals surface area contributed by atoms with E-state index in [1.165, 1.54) is 64.2 Å². The van der Waals surface area contributed by atoms with Gasteiger partial charge in [-0.3, -0.25) is 0 Å². The van der Waals surface area contributed by atoms with Crippen LogP contribution in [0.2, 0.25) is 0 Å². The first-order chi connectivity index (χ1) is 11.1. The Labute approximate surface area is 141 Å². The fourth-order valence-electron chi connectivity index (χ4n) is 2.72. The Hall–Kier alpha value is -1.32. The minimum atomic E-state index is -1.18. The van der Waals surface area contributed by atoms with Crippen molar-refractivity contribution < 1.29 is 19.8 Å². The maximum absolute atomic E-state index is 10.9. The Balaban J connectivity index is 3.39. The fraction of sp³-hybridized carbons (Fsp3) is 0.789. The number of carbonyl (C=O) groups is 2. The number of carboxylic acid groups (broad SMARTS) is 2. The van der Waals surface area contributed by atoms with Crippen molar-refractivity contribution in [2.45, 2.75) is 96.8 Å². The van der Waals surface area contributed by atoms with Crippen molar-refractivity contribution in [3.63, 3.8) is 0 Å². The van der Waals surface area contributed by atoms with Crippen molar-refractivity contribution >= 4 is 11.9 Å². The van der Waals surface area contributed by atoms with Crippen LogP contribution in [0.3, 0.4) is 0 Å². The lowest BCUT2D eigenvalue weighted by Gasteiger charge is -2.04. The largest absolute Gasteiger partial charge is 0.478 e. The Bertz CT molecular complexity index is 347. The number of rotatable bonds is 16. The first kappa shape index (κ1) is 21.7. The van der Waals surface area contributed by atoms with Crippen molar-refractivity contribution in [3.05, 3.63) is 11.6 Å². The van der Waals surface area contributed by atoms with Crippen LogP contribution in [0.1, 0.15) is 96.8 Å². The Morgan fingerprint density at radius 2 is 1.09 bits per heavy atom. The van der Waals surface area contributed by atoms with Gasteiger partial charge in [0.1, 0.15) is 0 Å². The number of hydrogen-bond acceptors (Lipinski definition) is 2. The second kappa shape index (κ2) is 15.6. The van der Waals surface area contributed by atoms with Crippen LogP contribution in [0.4, 0.5) is 0 Å². The predicted molar refractivity (Wildman–Crippen MR) is 93.7 cm³/mol.